The number of rotatable bonds is 6. The Balaban J connectivity index is 1.68. The minimum absolute atomic E-state index is 0.00898. The first-order valence-electron chi connectivity index (χ1n) is 10.1. The van der Waals surface area contributed by atoms with Gasteiger partial charge in [-0.15, -0.1) is 0 Å². The molecule has 0 aromatic heterocycles. The Morgan fingerprint density at radius 2 is 1.94 bits per heavy atom. The van der Waals surface area contributed by atoms with E-state index < -0.39 is 16.8 Å². The normalized spacial score (nSPS) is 15.7. The van der Waals surface area contributed by atoms with Crippen molar-refractivity contribution in [1.29, 1.82) is 0 Å². The summed E-state index contributed by atoms with van der Waals surface area (Å²) in [4.78, 5) is 49.6. The van der Waals surface area contributed by atoms with Crippen molar-refractivity contribution in [3.63, 3.8) is 0 Å². The maximum absolute atomic E-state index is 12.6. The quantitative estimate of drug-likeness (QED) is 0.395. The number of nitro benzene ring substituents is 1. The Bertz CT molecular complexity index is 1060. The molecule has 2 aromatic rings. The maximum atomic E-state index is 12.6. The lowest BCUT2D eigenvalue weighted by Gasteiger charge is -2.33. The fraction of sp³-hybridized carbons (Fsp3) is 0.318. The van der Waals surface area contributed by atoms with Crippen molar-refractivity contribution in [2.45, 2.75) is 32.2 Å². The Morgan fingerprint density at radius 1 is 1.19 bits per heavy atom. The minimum Gasteiger partial charge on any atom is -0.452 e. The van der Waals surface area contributed by atoms with E-state index in [-0.39, 0.29) is 46.1 Å². The summed E-state index contributed by atoms with van der Waals surface area (Å²) < 4.78 is 5.20. The number of halogens is 1. The van der Waals surface area contributed by atoms with Gasteiger partial charge < -0.3 is 15.0 Å². The first-order valence-corrected chi connectivity index (χ1v) is 10.5. The molecule has 10 heteroatoms. The van der Waals surface area contributed by atoms with Crippen LogP contribution in [0.4, 0.5) is 11.4 Å². The molecule has 1 saturated heterocycles. The van der Waals surface area contributed by atoms with Gasteiger partial charge in [0.05, 0.1) is 26.8 Å². The molecule has 3 rings (SSSR count). The first-order chi connectivity index (χ1) is 15.3. The number of para-hydroxylation sites is 1. The lowest BCUT2D eigenvalue weighted by Crippen LogP contribution is -2.44. The zero-order chi connectivity index (χ0) is 23.3. The van der Waals surface area contributed by atoms with Gasteiger partial charge in [0.15, 0.2) is 6.61 Å². The summed E-state index contributed by atoms with van der Waals surface area (Å²) in [5.74, 6) is -1.66. The summed E-state index contributed by atoms with van der Waals surface area (Å²) in [6.07, 6.45) is 2.90. The average molecular weight is 460 g/mol. The van der Waals surface area contributed by atoms with Crippen LogP contribution in [-0.4, -0.2) is 46.8 Å². The largest absolute Gasteiger partial charge is 0.452 e. The van der Waals surface area contributed by atoms with E-state index >= 15 is 0 Å². The minimum atomic E-state index is -0.756. The van der Waals surface area contributed by atoms with Crippen molar-refractivity contribution < 1.29 is 24.0 Å². The number of carbonyl (C=O) groups excluding carboxylic acids is 3. The van der Waals surface area contributed by atoms with Gasteiger partial charge in [0.2, 0.25) is 0 Å². The van der Waals surface area contributed by atoms with E-state index in [0.29, 0.717) is 6.54 Å². The highest BCUT2D eigenvalue weighted by molar-refractivity contribution is 6.34. The van der Waals surface area contributed by atoms with Gasteiger partial charge in [0.25, 0.3) is 17.5 Å². The molecule has 0 saturated carbocycles. The number of nitrogens with zero attached hydrogens (tertiary/aromatic N) is 2. The SMILES string of the molecule is CC1CCCCN1C(=O)COC(=O)c1ccccc1NC(=O)c1ccc([N+](=O)[O-])cc1Cl. The van der Waals surface area contributed by atoms with Gasteiger partial charge in [-0.3, -0.25) is 19.7 Å². The molecule has 1 aliphatic rings. The second kappa shape index (κ2) is 10.2. The van der Waals surface area contributed by atoms with Crippen LogP contribution in [0.1, 0.15) is 46.9 Å². The average Bonchev–Trinajstić information content (AvgIpc) is 2.77. The molecule has 0 aliphatic carbocycles. The van der Waals surface area contributed by atoms with Crippen molar-refractivity contribution in [2.75, 3.05) is 18.5 Å². The molecule has 1 aliphatic heterocycles. The highest BCUT2D eigenvalue weighted by Crippen LogP contribution is 2.25. The van der Waals surface area contributed by atoms with E-state index in [1.54, 1.807) is 17.0 Å². The predicted octanol–water partition coefficient (Wildman–Crippen LogP) is 4.06. The van der Waals surface area contributed by atoms with Gasteiger partial charge in [0.1, 0.15) is 0 Å². The van der Waals surface area contributed by atoms with Gasteiger partial charge in [-0.05, 0) is 44.4 Å². The summed E-state index contributed by atoms with van der Waals surface area (Å²) in [6, 6.07) is 9.75. The third-order valence-corrected chi connectivity index (χ3v) is 5.57. The molecule has 0 radical (unpaired) electrons. The molecule has 1 N–H and O–H groups in total. The molecular weight excluding hydrogens is 438 g/mol. The molecule has 0 bridgehead atoms. The number of benzene rings is 2. The zero-order valence-electron chi connectivity index (χ0n) is 17.4. The third kappa shape index (κ3) is 5.42. The molecule has 0 spiro atoms. The van der Waals surface area contributed by atoms with Gasteiger partial charge in [-0.2, -0.15) is 0 Å². The Labute approximate surface area is 189 Å². The number of ether oxygens (including phenoxy) is 1. The molecule has 9 nitrogen and oxygen atoms in total. The number of piperidine rings is 1. The Hall–Kier alpha value is -3.46. The highest BCUT2D eigenvalue weighted by atomic mass is 35.5. The topological polar surface area (TPSA) is 119 Å². The van der Waals surface area contributed by atoms with Crippen LogP contribution in [0.15, 0.2) is 42.5 Å². The smallest absolute Gasteiger partial charge is 0.340 e. The molecule has 1 fully saturated rings. The van der Waals surface area contributed by atoms with Crippen molar-refractivity contribution in [3.05, 3.63) is 68.7 Å². The molecule has 1 atom stereocenters. The number of esters is 1. The fourth-order valence-electron chi connectivity index (χ4n) is 3.52. The number of anilines is 1. The molecule has 2 aromatic carbocycles. The van der Waals surface area contributed by atoms with E-state index in [9.17, 15) is 24.5 Å². The predicted molar refractivity (Wildman–Crippen MR) is 118 cm³/mol. The molecule has 32 heavy (non-hydrogen) atoms. The molecule has 168 valence electrons. The fourth-order valence-corrected chi connectivity index (χ4v) is 3.78. The van der Waals surface area contributed by atoms with Gasteiger partial charge in [-0.25, -0.2) is 4.79 Å². The van der Waals surface area contributed by atoms with Crippen molar-refractivity contribution in [1.82, 2.24) is 4.90 Å². The van der Waals surface area contributed by atoms with Crippen molar-refractivity contribution >= 4 is 40.8 Å². The van der Waals surface area contributed by atoms with Gasteiger partial charge in [-0.1, -0.05) is 23.7 Å². The number of nitro groups is 1. The van der Waals surface area contributed by atoms with Crippen LogP contribution < -0.4 is 5.32 Å². The molecule has 1 unspecified atom stereocenters. The number of carbonyl (C=O) groups is 3. The van der Waals surface area contributed by atoms with Crippen LogP contribution in [0.25, 0.3) is 0 Å². The first kappa shape index (κ1) is 23.2. The Morgan fingerprint density at radius 3 is 2.62 bits per heavy atom. The monoisotopic (exact) mass is 459 g/mol. The number of hydrogen-bond donors (Lipinski definition) is 1. The highest BCUT2D eigenvalue weighted by Gasteiger charge is 2.25. The van der Waals surface area contributed by atoms with Gasteiger partial charge in [0, 0.05) is 24.7 Å². The van der Waals surface area contributed by atoms with E-state index in [1.165, 1.54) is 18.2 Å². The number of nitrogens with one attached hydrogen (secondary N) is 1. The van der Waals surface area contributed by atoms with E-state index in [4.69, 9.17) is 16.3 Å². The third-order valence-electron chi connectivity index (χ3n) is 5.25. The second-order valence-corrected chi connectivity index (χ2v) is 7.84. The summed E-state index contributed by atoms with van der Waals surface area (Å²) in [6.45, 7) is 2.22. The van der Waals surface area contributed by atoms with E-state index in [2.05, 4.69) is 5.32 Å². The van der Waals surface area contributed by atoms with E-state index in [0.717, 1.165) is 31.4 Å². The summed E-state index contributed by atoms with van der Waals surface area (Å²) >= 11 is 6.01. The number of non-ortho nitro benzene ring substituents is 1. The van der Waals surface area contributed by atoms with Crippen LogP contribution in [-0.2, 0) is 9.53 Å². The Kier molecular flexibility index (Phi) is 7.42. The molecule has 1 heterocycles. The van der Waals surface area contributed by atoms with Crippen LogP contribution in [0.5, 0.6) is 0 Å². The standard InChI is InChI=1S/C22H22ClN3O6/c1-14-6-4-5-11-25(14)20(27)13-32-22(29)17-7-2-3-8-19(17)24-21(28)16-10-9-15(26(30)31)12-18(16)23/h2-3,7-10,12,14H,4-6,11,13H2,1H3,(H,24,28). The maximum Gasteiger partial charge on any atom is 0.340 e. The number of amides is 2. The number of hydrogen-bond acceptors (Lipinski definition) is 6. The van der Waals surface area contributed by atoms with Crippen molar-refractivity contribution in [3.8, 4) is 0 Å². The molecule has 2 amide bonds. The summed E-state index contributed by atoms with van der Waals surface area (Å²) in [5.41, 5.74) is -0.00740. The molecular formula is C22H22ClN3O6. The lowest BCUT2D eigenvalue weighted by molar-refractivity contribution is -0.384. The number of likely N-dealkylation sites (tertiary alicyclic amines) is 1. The van der Waals surface area contributed by atoms with Crippen LogP contribution in [0.3, 0.4) is 0 Å². The van der Waals surface area contributed by atoms with E-state index in [1.807, 2.05) is 6.92 Å². The summed E-state index contributed by atoms with van der Waals surface area (Å²) in [7, 11) is 0. The van der Waals surface area contributed by atoms with Crippen LogP contribution in [0.2, 0.25) is 5.02 Å². The van der Waals surface area contributed by atoms with Gasteiger partial charge >= 0.3 is 5.97 Å². The van der Waals surface area contributed by atoms with Crippen LogP contribution >= 0.6 is 11.6 Å². The van der Waals surface area contributed by atoms with Crippen molar-refractivity contribution in [2.24, 2.45) is 0 Å². The second-order valence-electron chi connectivity index (χ2n) is 7.43. The zero-order valence-corrected chi connectivity index (χ0v) is 18.1. The summed E-state index contributed by atoms with van der Waals surface area (Å²) in [5, 5.41) is 13.3. The van der Waals surface area contributed by atoms with Crippen LogP contribution in [0, 0.1) is 10.1 Å². The lowest BCUT2D eigenvalue weighted by atomic mass is 10.0.